The average molecular weight is 219 g/mol. The highest BCUT2D eigenvalue weighted by atomic mass is 16.5. The summed E-state index contributed by atoms with van der Waals surface area (Å²) in [6.45, 7) is 1.95. The third kappa shape index (κ3) is 2.40. The van der Waals surface area contributed by atoms with Crippen LogP contribution in [-0.4, -0.2) is 17.9 Å². The summed E-state index contributed by atoms with van der Waals surface area (Å²) in [5.41, 5.74) is 1.91. The Labute approximate surface area is 95.8 Å². The lowest BCUT2D eigenvalue weighted by Crippen LogP contribution is -2.11. The van der Waals surface area contributed by atoms with Gasteiger partial charge in [-0.05, 0) is 26.2 Å². The molecule has 0 amide bonds. The first kappa shape index (κ1) is 11.1. The van der Waals surface area contributed by atoms with Gasteiger partial charge in [0.05, 0.1) is 7.11 Å². The number of nitrogens with zero attached hydrogens (tertiary/aromatic N) is 1. The van der Waals surface area contributed by atoms with E-state index in [1.54, 1.807) is 7.11 Å². The van der Waals surface area contributed by atoms with Gasteiger partial charge >= 0.3 is 0 Å². The summed E-state index contributed by atoms with van der Waals surface area (Å²) in [7, 11) is 1.65. The van der Waals surface area contributed by atoms with E-state index in [2.05, 4.69) is 4.98 Å². The second-order valence-corrected chi connectivity index (χ2v) is 4.40. The van der Waals surface area contributed by atoms with Crippen molar-refractivity contribution in [2.45, 2.75) is 32.6 Å². The minimum absolute atomic E-state index is 0.180. The van der Waals surface area contributed by atoms with Crippen LogP contribution in [0.1, 0.15) is 30.7 Å². The molecule has 1 unspecified atom stereocenters. The van der Waals surface area contributed by atoms with Gasteiger partial charge in [0.25, 0.3) is 0 Å². The number of ketones is 1. The second kappa shape index (κ2) is 4.64. The maximum absolute atomic E-state index is 11.6. The van der Waals surface area contributed by atoms with Gasteiger partial charge in [-0.15, -0.1) is 0 Å². The summed E-state index contributed by atoms with van der Waals surface area (Å²) >= 11 is 0. The fourth-order valence-corrected chi connectivity index (χ4v) is 2.28. The van der Waals surface area contributed by atoms with E-state index in [4.69, 9.17) is 4.74 Å². The Morgan fingerprint density at radius 2 is 2.31 bits per heavy atom. The maximum Gasteiger partial charge on any atom is 0.136 e. The molecule has 1 fully saturated rings. The van der Waals surface area contributed by atoms with Crippen molar-refractivity contribution in [2.75, 3.05) is 7.11 Å². The number of methoxy groups -OCH3 is 1. The van der Waals surface area contributed by atoms with Crippen molar-refractivity contribution < 1.29 is 9.53 Å². The average Bonchev–Trinajstić information content (AvgIpc) is 2.63. The van der Waals surface area contributed by atoms with E-state index in [-0.39, 0.29) is 5.92 Å². The van der Waals surface area contributed by atoms with E-state index >= 15 is 0 Å². The molecule has 1 aliphatic carbocycles. The number of hydrogen-bond donors (Lipinski definition) is 0. The zero-order valence-electron chi connectivity index (χ0n) is 9.82. The van der Waals surface area contributed by atoms with Gasteiger partial charge in [0.1, 0.15) is 11.5 Å². The lowest BCUT2D eigenvalue weighted by molar-refractivity contribution is -0.120. The first-order chi connectivity index (χ1) is 7.69. The standard InChI is InChI=1S/C13H17NO2/c1-9-6-12(16-2)8-11(14-9)7-10-4-3-5-13(10)15/h6,8,10H,3-5,7H2,1-2H3. The fourth-order valence-electron chi connectivity index (χ4n) is 2.28. The number of hydrogen-bond acceptors (Lipinski definition) is 3. The minimum atomic E-state index is 0.180. The summed E-state index contributed by atoms with van der Waals surface area (Å²) in [5, 5.41) is 0. The van der Waals surface area contributed by atoms with Crippen LogP contribution in [0.3, 0.4) is 0 Å². The molecule has 0 aromatic carbocycles. The summed E-state index contributed by atoms with van der Waals surface area (Å²) in [6, 6.07) is 3.83. The highest BCUT2D eigenvalue weighted by Crippen LogP contribution is 2.25. The zero-order chi connectivity index (χ0) is 11.5. The Bertz CT molecular complexity index is 401. The quantitative estimate of drug-likeness (QED) is 0.783. The van der Waals surface area contributed by atoms with Gasteiger partial charge in [-0.3, -0.25) is 9.78 Å². The van der Waals surface area contributed by atoms with Crippen LogP contribution in [0, 0.1) is 12.8 Å². The molecule has 3 nitrogen and oxygen atoms in total. The summed E-state index contributed by atoms with van der Waals surface area (Å²) < 4.78 is 5.20. The van der Waals surface area contributed by atoms with Crippen molar-refractivity contribution in [3.8, 4) is 5.75 Å². The minimum Gasteiger partial charge on any atom is -0.497 e. The van der Waals surface area contributed by atoms with Gasteiger partial charge in [-0.1, -0.05) is 0 Å². The fraction of sp³-hybridized carbons (Fsp3) is 0.538. The van der Waals surface area contributed by atoms with Crippen LogP contribution >= 0.6 is 0 Å². The number of aromatic nitrogens is 1. The number of rotatable bonds is 3. The van der Waals surface area contributed by atoms with Crippen molar-refractivity contribution in [3.05, 3.63) is 23.5 Å². The number of carbonyl (C=O) groups is 1. The second-order valence-electron chi connectivity index (χ2n) is 4.40. The Balaban J connectivity index is 2.14. The largest absolute Gasteiger partial charge is 0.497 e. The Kier molecular flexibility index (Phi) is 3.22. The summed E-state index contributed by atoms with van der Waals surface area (Å²) in [6.07, 6.45) is 3.55. The van der Waals surface area contributed by atoms with E-state index in [9.17, 15) is 4.79 Å². The number of pyridine rings is 1. The van der Waals surface area contributed by atoms with Gasteiger partial charge in [0.2, 0.25) is 0 Å². The molecule has 2 rings (SSSR count). The van der Waals surface area contributed by atoms with Gasteiger partial charge in [-0.25, -0.2) is 0 Å². The Morgan fingerprint density at radius 1 is 1.50 bits per heavy atom. The first-order valence-electron chi connectivity index (χ1n) is 5.73. The van der Waals surface area contributed by atoms with Gasteiger partial charge < -0.3 is 4.74 Å². The molecular weight excluding hydrogens is 202 g/mol. The molecule has 0 aliphatic heterocycles. The van der Waals surface area contributed by atoms with Crippen LogP contribution in [0.4, 0.5) is 0 Å². The van der Waals surface area contributed by atoms with Crippen molar-refractivity contribution >= 4 is 5.78 Å². The van der Waals surface area contributed by atoms with Crippen LogP contribution in [0.25, 0.3) is 0 Å². The van der Waals surface area contributed by atoms with Gasteiger partial charge in [-0.2, -0.15) is 0 Å². The highest BCUT2D eigenvalue weighted by molar-refractivity contribution is 5.83. The molecule has 0 saturated heterocycles. The van der Waals surface area contributed by atoms with Gasteiger partial charge in [0, 0.05) is 35.9 Å². The highest BCUT2D eigenvalue weighted by Gasteiger charge is 2.24. The molecule has 16 heavy (non-hydrogen) atoms. The maximum atomic E-state index is 11.6. The van der Waals surface area contributed by atoms with E-state index in [1.165, 1.54) is 0 Å². The predicted molar refractivity (Wildman–Crippen MR) is 61.6 cm³/mol. The molecule has 0 bridgehead atoms. The molecule has 0 spiro atoms. The molecule has 1 aliphatic rings. The first-order valence-corrected chi connectivity index (χ1v) is 5.73. The van der Waals surface area contributed by atoms with Crippen molar-refractivity contribution in [1.82, 2.24) is 4.98 Å². The van der Waals surface area contributed by atoms with Crippen LogP contribution < -0.4 is 4.74 Å². The molecular formula is C13H17NO2. The summed E-state index contributed by atoms with van der Waals surface area (Å²) in [5.74, 6) is 1.40. The van der Waals surface area contributed by atoms with E-state index in [0.29, 0.717) is 5.78 Å². The summed E-state index contributed by atoms with van der Waals surface area (Å²) in [4.78, 5) is 16.0. The van der Waals surface area contributed by atoms with E-state index in [1.807, 2.05) is 19.1 Å². The molecule has 86 valence electrons. The molecule has 1 aromatic rings. The van der Waals surface area contributed by atoms with Crippen LogP contribution in [0.15, 0.2) is 12.1 Å². The molecule has 0 radical (unpaired) electrons. The topological polar surface area (TPSA) is 39.2 Å². The zero-order valence-corrected chi connectivity index (χ0v) is 9.82. The van der Waals surface area contributed by atoms with Crippen molar-refractivity contribution in [2.24, 2.45) is 5.92 Å². The smallest absolute Gasteiger partial charge is 0.136 e. The van der Waals surface area contributed by atoms with Crippen molar-refractivity contribution in [1.29, 1.82) is 0 Å². The molecule has 1 heterocycles. The molecule has 1 atom stereocenters. The SMILES string of the molecule is COc1cc(C)nc(CC2CCCC2=O)c1. The van der Waals surface area contributed by atoms with Crippen molar-refractivity contribution in [3.63, 3.8) is 0 Å². The lowest BCUT2D eigenvalue weighted by Gasteiger charge is -2.09. The number of ether oxygens (including phenoxy) is 1. The Morgan fingerprint density at radius 3 is 2.94 bits per heavy atom. The Hall–Kier alpha value is -1.38. The lowest BCUT2D eigenvalue weighted by atomic mass is 10.0. The molecule has 0 N–H and O–H groups in total. The third-order valence-corrected chi connectivity index (χ3v) is 3.10. The predicted octanol–water partition coefficient (Wildman–Crippen LogP) is 2.31. The normalized spacial score (nSPS) is 20.1. The van der Waals surface area contributed by atoms with Crippen LogP contribution in [0.2, 0.25) is 0 Å². The third-order valence-electron chi connectivity index (χ3n) is 3.10. The number of carbonyl (C=O) groups excluding carboxylic acids is 1. The molecule has 1 aromatic heterocycles. The monoisotopic (exact) mass is 219 g/mol. The van der Waals surface area contributed by atoms with E-state index in [0.717, 1.165) is 42.8 Å². The molecule has 3 heteroatoms. The molecule has 1 saturated carbocycles. The van der Waals surface area contributed by atoms with E-state index < -0.39 is 0 Å². The van der Waals surface area contributed by atoms with Crippen LogP contribution in [0.5, 0.6) is 5.75 Å². The number of Topliss-reactive ketones (excluding diaryl/α,β-unsaturated/α-hetero) is 1. The number of aryl methyl sites for hydroxylation is 1. The van der Waals surface area contributed by atoms with Crippen LogP contribution in [-0.2, 0) is 11.2 Å². The van der Waals surface area contributed by atoms with Gasteiger partial charge in [0.15, 0.2) is 0 Å².